The minimum absolute atomic E-state index is 0.0244. The molecule has 4 rings (SSSR count). The number of nitrogens with zero attached hydrogens (tertiary/aromatic N) is 1. The van der Waals surface area contributed by atoms with Crippen molar-refractivity contribution in [1.29, 1.82) is 0 Å². The molecule has 6 unspecified atom stereocenters. The number of hydrogen-bond acceptors (Lipinski definition) is 6. The number of carbonyl (C=O) groups is 1. The first-order valence-electron chi connectivity index (χ1n) is 11.4. The van der Waals surface area contributed by atoms with Crippen LogP contribution in [0.4, 0.5) is 0 Å². The molecule has 2 aliphatic carbocycles. The molecule has 6 nitrogen and oxygen atoms in total. The first-order chi connectivity index (χ1) is 13.5. The molecule has 28 heavy (non-hydrogen) atoms. The zero-order valence-electron chi connectivity index (χ0n) is 17.7. The number of piperidine rings is 1. The molecule has 0 aromatic carbocycles. The summed E-state index contributed by atoms with van der Waals surface area (Å²) in [5.41, 5.74) is 6.90. The maximum absolute atomic E-state index is 13.0. The average molecular weight is 410 g/mol. The first-order valence-corrected chi connectivity index (χ1v) is 12.3. The summed E-state index contributed by atoms with van der Waals surface area (Å²) in [7, 11) is 2.15. The van der Waals surface area contributed by atoms with Gasteiger partial charge in [-0.05, 0) is 75.8 Å². The summed E-state index contributed by atoms with van der Waals surface area (Å²) in [6, 6.07) is 0.374. The number of nitrogens with one attached hydrogen (secondary N) is 4. The minimum atomic E-state index is 0.0244. The van der Waals surface area contributed by atoms with Crippen LogP contribution in [0.3, 0.4) is 0 Å². The second-order valence-electron chi connectivity index (χ2n) is 9.74. The molecule has 2 aliphatic heterocycles. The molecule has 4 aliphatic rings. The summed E-state index contributed by atoms with van der Waals surface area (Å²) in [5, 5.41) is 7.53. The Kier molecular flexibility index (Phi) is 6.88. The highest BCUT2D eigenvalue weighted by Crippen LogP contribution is 2.44. The van der Waals surface area contributed by atoms with Crippen molar-refractivity contribution in [1.82, 2.24) is 26.4 Å². The zero-order chi connectivity index (χ0) is 19.7. The van der Waals surface area contributed by atoms with Crippen LogP contribution in [0.5, 0.6) is 0 Å². The molecule has 4 N–H and O–H groups in total. The van der Waals surface area contributed by atoms with Crippen molar-refractivity contribution in [3.05, 3.63) is 0 Å². The molecule has 1 amide bonds. The van der Waals surface area contributed by atoms with Gasteiger partial charge in [-0.1, -0.05) is 20.3 Å². The second-order valence-corrected chi connectivity index (χ2v) is 11.2. The van der Waals surface area contributed by atoms with Gasteiger partial charge in [0.15, 0.2) is 0 Å². The third-order valence-electron chi connectivity index (χ3n) is 7.49. The third-order valence-corrected chi connectivity index (χ3v) is 9.04. The fourth-order valence-corrected chi connectivity index (χ4v) is 6.75. The largest absolute Gasteiger partial charge is 0.352 e. The molecule has 0 radical (unpaired) electrons. The van der Waals surface area contributed by atoms with Gasteiger partial charge in [-0.3, -0.25) is 9.69 Å². The lowest BCUT2D eigenvalue weighted by Gasteiger charge is -2.37. The summed E-state index contributed by atoms with van der Waals surface area (Å²) in [4.78, 5) is 15.3. The Morgan fingerprint density at radius 1 is 1.21 bits per heavy atom. The zero-order valence-corrected chi connectivity index (χ0v) is 18.6. The van der Waals surface area contributed by atoms with E-state index < -0.39 is 0 Å². The average Bonchev–Trinajstić information content (AvgIpc) is 3.45. The summed E-state index contributed by atoms with van der Waals surface area (Å²) in [6.07, 6.45) is 8.57. The van der Waals surface area contributed by atoms with Gasteiger partial charge in [-0.15, -0.1) is 11.8 Å². The highest BCUT2D eigenvalue weighted by Gasteiger charge is 2.41. The van der Waals surface area contributed by atoms with Crippen LogP contribution in [0.25, 0.3) is 0 Å². The van der Waals surface area contributed by atoms with Crippen molar-refractivity contribution < 1.29 is 4.79 Å². The number of thioether (sulfide) groups is 1. The van der Waals surface area contributed by atoms with Gasteiger partial charge in [0.25, 0.3) is 0 Å². The molecule has 0 spiro atoms. The fraction of sp³-hybridized carbons (Fsp3) is 0.952. The Morgan fingerprint density at radius 2 is 2.04 bits per heavy atom. The second kappa shape index (κ2) is 9.21. The van der Waals surface area contributed by atoms with E-state index in [2.05, 4.69) is 47.3 Å². The Bertz CT molecular complexity index is 545. The van der Waals surface area contributed by atoms with E-state index >= 15 is 0 Å². The van der Waals surface area contributed by atoms with Crippen molar-refractivity contribution in [2.75, 3.05) is 20.3 Å². The first kappa shape index (κ1) is 20.9. The third kappa shape index (κ3) is 5.04. The van der Waals surface area contributed by atoms with Gasteiger partial charge in [0.1, 0.15) is 5.50 Å². The Hall–Kier alpha value is -0.340. The number of rotatable bonds is 6. The van der Waals surface area contributed by atoms with E-state index in [4.69, 9.17) is 0 Å². The number of carbonyl (C=O) groups excluding carboxylic acids is 1. The van der Waals surface area contributed by atoms with Gasteiger partial charge < -0.3 is 10.6 Å². The Morgan fingerprint density at radius 3 is 2.75 bits per heavy atom. The van der Waals surface area contributed by atoms with Crippen LogP contribution in [-0.4, -0.2) is 53.9 Å². The van der Waals surface area contributed by atoms with E-state index in [0.29, 0.717) is 28.6 Å². The molecule has 160 valence electrons. The van der Waals surface area contributed by atoms with Crippen LogP contribution in [0.15, 0.2) is 0 Å². The van der Waals surface area contributed by atoms with Crippen molar-refractivity contribution in [2.45, 2.75) is 81.6 Å². The fourth-order valence-electron chi connectivity index (χ4n) is 5.44. The van der Waals surface area contributed by atoms with Gasteiger partial charge in [0.05, 0.1) is 12.7 Å². The maximum Gasteiger partial charge on any atom is 0.237 e. The van der Waals surface area contributed by atoms with Crippen molar-refractivity contribution in [3.63, 3.8) is 0 Å². The van der Waals surface area contributed by atoms with E-state index in [1.54, 1.807) is 0 Å². The van der Waals surface area contributed by atoms with Crippen LogP contribution in [0.2, 0.25) is 0 Å². The van der Waals surface area contributed by atoms with Crippen LogP contribution in [0, 0.1) is 23.7 Å². The lowest BCUT2D eigenvalue weighted by atomic mass is 9.80. The quantitative estimate of drug-likeness (QED) is 0.539. The lowest BCUT2D eigenvalue weighted by Crippen LogP contribution is -2.54. The van der Waals surface area contributed by atoms with Gasteiger partial charge in [-0.25, -0.2) is 10.9 Å². The predicted octanol–water partition coefficient (Wildman–Crippen LogP) is 2.09. The number of amides is 1. The lowest BCUT2D eigenvalue weighted by molar-refractivity contribution is -0.125. The predicted molar refractivity (Wildman–Crippen MR) is 115 cm³/mol. The Balaban J connectivity index is 1.25. The maximum atomic E-state index is 13.0. The van der Waals surface area contributed by atoms with E-state index in [1.807, 2.05) is 11.8 Å². The van der Waals surface area contributed by atoms with Crippen LogP contribution in [0.1, 0.15) is 58.8 Å². The Labute approximate surface area is 174 Å². The molecule has 2 heterocycles. The van der Waals surface area contributed by atoms with E-state index in [9.17, 15) is 4.79 Å². The molecule has 7 atom stereocenters. The molecule has 0 aromatic rings. The molecule has 2 saturated carbocycles. The van der Waals surface area contributed by atoms with E-state index in [-0.39, 0.29) is 11.9 Å². The molecule has 7 heteroatoms. The summed E-state index contributed by atoms with van der Waals surface area (Å²) in [5.74, 6) is 3.28. The van der Waals surface area contributed by atoms with Gasteiger partial charge in [0.2, 0.25) is 5.91 Å². The van der Waals surface area contributed by atoms with Crippen molar-refractivity contribution in [3.8, 4) is 0 Å². The highest BCUT2D eigenvalue weighted by atomic mass is 32.2. The van der Waals surface area contributed by atoms with Gasteiger partial charge in [-0.2, -0.15) is 0 Å². The molecule has 4 fully saturated rings. The number of hydrogen-bond donors (Lipinski definition) is 4. The van der Waals surface area contributed by atoms with Crippen LogP contribution in [-0.2, 0) is 4.79 Å². The normalized spacial score (nSPS) is 41.0. The van der Waals surface area contributed by atoms with Crippen molar-refractivity contribution >= 4 is 17.7 Å². The monoisotopic (exact) mass is 409 g/mol. The molecular weight excluding hydrogens is 370 g/mol. The van der Waals surface area contributed by atoms with E-state index in [1.165, 1.54) is 25.7 Å². The standard InChI is InChI=1S/C21H39N5OS/c1-13-11-22-19(10-18(13)15-7-8-15)20(27)24-17-6-4-5-16(9-17)14(2)28-21-25-23-12-26(21)3/h13-19,21-23,25H,4-12H2,1-3H3,(H,24,27)/t13?,14-,16?,17?,18?,19?,21?/m0/s1. The molecular formula is C21H39N5OS. The van der Waals surface area contributed by atoms with E-state index in [0.717, 1.165) is 44.3 Å². The van der Waals surface area contributed by atoms with Crippen LogP contribution < -0.4 is 21.5 Å². The molecule has 2 saturated heterocycles. The molecule has 0 aromatic heterocycles. The summed E-state index contributed by atoms with van der Waals surface area (Å²) >= 11 is 2.01. The highest BCUT2D eigenvalue weighted by molar-refractivity contribution is 8.00. The minimum Gasteiger partial charge on any atom is -0.352 e. The van der Waals surface area contributed by atoms with Gasteiger partial charge >= 0.3 is 0 Å². The smallest absolute Gasteiger partial charge is 0.237 e. The van der Waals surface area contributed by atoms with Crippen LogP contribution >= 0.6 is 11.8 Å². The summed E-state index contributed by atoms with van der Waals surface area (Å²) in [6.45, 7) is 6.59. The SMILES string of the molecule is CC1CNC(C(=O)NC2CCCC([C@H](C)SC3NNCN3C)C2)CC1C1CC1. The van der Waals surface area contributed by atoms with Crippen molar-refractivity contribution in [2.24, 2.45) is 23.7 Å². The molecule has 0 bridgehead atoms. The van der Waals surface area contributed by atoms with Gasteiger partial charge in [0, 0.05) is 11.3 Å². The number of hydrazine groups is 1. The topological polar surface area (TPSA) is 68.4 Å². The summed E-state index contributed by atoms with van der Waals surface area (Å²) < 4.78 is 0.